The van der Waals surface area contributed by atoms with Crippen LogP contribution in [0.3, 0.4) is 0 Å². The lowest BCUT2D eigenvalue weighted by Gasteiger charge is -2.73. The van der Waals surface area contributed by atoms with Crippen molar-refractivity contribution in [3.05, 3.63) is 36.0 Å². The van der Waals surface area contributed by atoms with Crippen molar-refractivity contribution in [3.63, 3.8) is 0 Å². The normalized spacial score (nSPS) is 42.7. The van der Waals surface area contributed by atoms with Crippen LogP contribution in [0.2, 0.25) is 0 Å². The Kier molecular flexibility index (Phi) is 4.11. The van der Waals surface area contributed by atoms with E-state index >= 15 is 0 Å². The SMILES string of the molecule is COC(=O)N1c2c(OC)cccc2[C@@]23CCN4C=C[C@H](O)[C@]5(CC[C@]12C(O)(C(=O)OC)C5O)[C@H]43. The van der Waals surface area contributed by atoms with E-state index in [-0.39, 0.29) is 12.8 Å². The quantitative estimate of drug-likeness (QED) is 0.520. The van der Waals surface area contributed by atoms with Gasteiger partial charge in [-0.25, -0.2) is 9.59 Å². The maximum atomic E-state index is 13.5. The van der Waals surface area contributed by atoms with Crippen LogP contribution in [0.1, 0.15) is 24.8 Å². The molecule has 1 amide bonds. The number of carbonyl (C=O) groups is 2. The summed E-state index contributed by atoms with van der Waals surface area (Å²) in [5.41, 5.74) is -5.35. The molecule has 0 radical (unpaired) electrons. The van der Waals surface area contributed by atoms with Crippen LogP contribution in [0.5, 0.6) is 5.75 Å². The Balaban J connectivity index is 1.80. The van der Waals surface area contributed by atoms with Crippen molar-refractivity contribution in [1.29, 1.82) is 0 Å². The number of anilines is 1. The number of esters is 1. The number of nitrogens with zero attached hydrogens (tertiary/aromatic N) is 2. The van der Waals surface area contributed by atoms with Crippen molar-refractivity contribution >= 4 is 17.7 Å². The molecule has 1 aromatic carbocycles. The van der Waals surface area contributed by atoms with Gasteiger partial charge in [-0.3, -0.25) is 4.90 Å². The van der Waals surface area contributed by atoms with Gasteiger partial charge in [0.05, 0.1) is 44.6 Å². The largest absolute Gasteiger partial charge is 0.495 e. The molecule has 182 valence electrons. The molecule has 3 heterocycles. The first-order valence-electron chi connectivity index (χ1n) is 11.4. The minimum atomic E-state index is -2.54. The average molecular weight is 472 g/mol. The summed E-state index contributed by atoms with van der Waals surface area (Å²) in [4.78, 5) is 30.4. The molecule has 6 aliphatic rings. The molecule has 1 aromatic rings. The first kappa shape index (κ1) is 21.7. The van der Waals surface area contributed by atoms with Crippen molar-refractivity contribution in [2.45, 2.75) is 54.1 Å². The molecule has 3 saturated carbocycles. The van der Waals surface area contributed by atoms with Crippen molar-refractivity contribution < 1.29 is 39.1 Å². The summed E-state index contributed by atoms with van der Waals surface area (Å²) >= 11 is 0. The van der Waals surface area contributed by atoms with Gasteiger partial charge in [-0.05, 0) is 43.2 Å². The molecular formula is C24H28N2O8. The highest BCUT2D eigenvalue weighted by Crippen LogP contribution is 2.77. The van der Waals surface area contributed by atoms with Gasteiger partial charge in [0.25, 0.3) is 0 Å². The maximum absolute atomic E-state index is 13.5. The highest BCUT2D eigenvalue weighted by Gasteiger charge is 2.91. The second kappa shape index (κ2) is 6.44. The summed E-state index contributed by atoms with van der Waals surface area (Å²) in [6.07, 6.45) is 0.682. The lowest BCUT2D eigenvalue weighted by molar-refractivity contribution is -0.288. The average Bonchev–Trinajstić information content (AvgIpc) is 3.39. The predicted octanol–water partition coefficient (Wildman–Crippen LogP) is 0.279. The first-order valence-corrected chi connectivity index (χ1v) is 11.4. The van der Waals surface area contributed by atoms with E-state index in [1.807, 2.05) is 12.3 Å². The molecule has 3 spiro atoms. The zero-order valence-corrected chi connectivity index (χ0v) is 19.2. The lowest BCUT2D eigenvalue weighted by Crippen LogP contribution is -2.92. The number of ether oxygens (including phenoxy) is 3. The fourth-order valence-corrected chi connectivity index (χ4v) is 8.48. The van der Waals surface area contributed by atoms with E-state index in [1.165, 1.54) is 19.1 Å². The van der Waals surface area contributed by atoms with Gasteiger partial charge < -0.3 is 34.4 Å². The fourth-order valence-electron chi connectivity index (χ4n) is 8.48. The third-order valence-corrected chi connectivity index (χ3v) is 9.43. The third-order valence-electron chi connectivity index (χ3n) is 9.43. The Morgan fingerprint density at radius 3 is 2.53 bits per heavy atom. The van der Waals surface area contributed by atoms with Crippen LogP contribution < -0.4 is 9.64 Å². The second-order valence-electron chi connectivity index (χ2n) is 9.94. The van der Waals surface area contributed by atoms with Gasteiger partial charge in [-0.2, -0.15) is 0 Å². The van der Waals surface area contributed by atoms with Gasteiger partial charge in [0, 0.05) is 12.0 Å². The number of benzene rings is 1. The third kappa shape index (κ3) is 1.81. The molecule has 3 aliphatic heterocycles. The summed E-state index contributed by atoms with van der Waals surface area (Å²) < 4.78 is 15.9. The van der Waals surface area contributed by atoms with Gasteiger partial charge in [-0.15, -0.1) is 0 Å². The standard InChI is InChI=1S/C24H28N2O8/c1-32-14-6-4-5-13-16(14)26(20(30)34-3)23-9-8-21(18(28)24(23,31)19(29)33-2)15(27)7-11-25-12-10-22(13,23)17(21)25/h4-7,11,15,17-18,27-28,31H,8-10,12H2,1-3H3/t15-,17-,18?,21+,22+,23-,24?/m0/s1. The number of rotatable bonds is 2. The highest BCUT2D eigenvalue weighted by atomic mass is 16.6. The Morgan fingerprint density at radius 2 is 1.85 bits per heavy atom. The summed E-state index contributed by atoms with van der Waals surface area (Å²) in [6, 6.07) is 4.89. The number of methoxy groups -OCH3 is 3. The first-order chi connectivity index (χ1) is 16.2. The summed E-state index contributed by atoms with van der Waals surface area (Å²) in [5.74, 6) is -0.677. The highest BCUT2D eigenvalue weighted by molar-refractivity contribution is 6.01. The van der Waals surface area contributed by atoms with Crippen molar-refractivity contribution in [3.8, 4) is 5.75 Å². The van der Waals surface area contributed by atoms with Gasteiger partial charge in [0.1, 0.15) is 17.4 Å². The molecule has 3 N–H and O–H groups in total. The molecule has 7 atom stereocenters. The Hall–Kier alpha value is -2.82. The molecule has 10 heteroatoms. The molecule has 0 aromatic heterocycles. The number of carbonyl (C=O) groups excluding carboxylic acids is 2. The van der Waals surface area contributed by atoms with Crippen LogP contribution in [0.25, 0.3) is 0 Å². The number of para-hydroxylation sites is 1. The summed E-state index contributed by atoms with van der Waals surface area (Å²) in [6.45, 7) is 0.549. The van der Waals surface area contributed by atoms with E-state index in [9.17, 15) is 24.9 Å². The minimum absolute atomic E-state index is 0.137. The van der Waals surface area contributed by atoms with Crippen molar-refractivity contribution in [1.82, 2.24) is 4.90 Å². The summed E-state index contributed by atoms with van der Waals surface area (Å²) in [7, 11) is 3.85. The van der Waals surface area contributed by atoms with E-state index in [4.69, 9.17) is 14.2 Å². The topological polar surface area (TPSA) is 129 Å². The molecule has 2 unspecified atom stereocenters. The molecule has 1 saturated heterocycles. The molecular weight excluding hydrogens is 444 g/mol. The summed E-state index contributed by atoms with van der Waals surface area (Å²) in [5, 5.41) is 35.6. The molecule has 10 nitrogen and oxygen atoms in total. The number of fused-ring (bicyclic) bond motifs is 3. The number of amides is 1. The molecule has 3 aliphatic carbocycles. The fraction of sp³-hybridized carbons (Fsp3) is 0.583. The van der Waals surface area contributed by atoms with Crippen LogP contribution in [-0.2, 0) is 19.7 Å². The lowest BCUT2D eigenvalue weighted by atomic mass is 9.36. The zero-order chi connectivity index (χ0) is 24.3. The van der Waals surface area contributed by atoms with Gasteiger partial charge in [-0.1, -0.05) is 12.1 Å². The smallest absolute Gasteiger partial charge is 0.414 e. The predicted molar refractivity (Wildman–Crippen MR) is 117 cm³/mol. The van der Waals surface area contributed by atoms with Gasteiger partial charge >= 0.3 is 12.1 Å². The van der Waals surface area contributed by atoms with Gasteiger partial charge in [0.15, 0.2) is 0 Å². The number of aliphatic hydroxyl groups is 3. The van der Waals surface area contributed by atoms with E-state index < -0.39 is 52.3 Å². The number of hydrogen-bond acceptors (Lipinski definition) is 9. The second-order valence-corrected chi connectivity index (χ2v) is 9.94. The maximum Gasteiger partial charge on any atom is 0.414 e. The number of hydrogen-bond donors (Lipinski definition) is 3. The van der Waals surface area contributed by atoms with E-state index in [1.54, 1.807) is 18.2 Å². The zero-order valence-electron chi connectivity index (χ0n) is 19.2. The Morgan fingerprint density at radius 1 is 1.09 bits per heavy atom. The van der Waals surface area contributed by atoms with Crippen LogP contribution in [0.15, 0.2) is 30.5 Å². The molecule has 4 fully saturated rings. The Bertz CT molecular complexity index is 1140. The van der Waals surface area contributed by atoms with E-state index in [2.05, 4.69) is 4.90 Å². The van der Waals surface area contributed by atoms with E-state index in [0.29, 0.717) is 30.0 Å². The van der Waals surface area contributed by atoms with Crippen LogP contribution >= 0.6 is 0 Å². The molecule has 34 heavy (non-hydrogen) atoms. The van der Waals surface area contributed by atoms with Crippen LogP contribution in [0.4, 0.5) is 10.5 Å². The van der Waals surface area contributed by atoms with Gasteiger partial charge in [0.2, 0.25) is 5.60 Å². The molecule has 7 rings (SSSR count). The van der Waals surface area contributed by atoms with Crippen molar-refractivity contribution in [2.75, 3.05) is 32.8 Å². The molecule has 2 bridgehead atoms. The van der Waals surface area contributed by atoms with Crippen LogP contribution in [-0.4, -0.2) is 89.5 Å². The van der Waals surface area contributed by atoms with E-state index in [0.717, 1.165) is 7.11 Å². The van der Waals surface area contributed by atoms with Crippen LogP contribution in [0, 0.1) is 5.41 Å². The van der Waals surface area contributed by atoms with Crippen molar-refractivity contribution in [2.24, 2.45) is 5.41 Å². The number of aliphatic hydroxyl groups excluding tert-OH is 2. The Labute approximate surface area is 196 Å². The monoisotopic (exact) mass is 472 g/mol. The minimum Gasteiger partial charge on any atom is -0.495 e.